The third kappa shape index (κ3) is 5.77. The Bertz CT molecular complexity index is 1380. The van der Waals surface area contributed by atoms with E-state index in [2.05, 4.69) is 42.6 Å². The summed E-state index contributed by atoms with van der Waals surface area (Å²) < 4.78 is 34.8. The van der Waals surface area contributed by atoms with Gasteiger partial charge in [-0.05, 0) is 78.6 Å². The number of carboxylic acids is 1. The van der Waals surface area contributed by atoms with Crippen LogP contribution in [-0.2, 0) is 26.7 Å². The largest absolute Gasteiger partial charge is 0.482 e. The molecule has 0 saturated heterocycles. The topological polar surface area (TPSA) is 106 Å². The Morgan fingerprint density at radius 2 is 1.86 bits per heavy atom. The number of ether oxygens (including phenoxy) is 1. The van der Waals surface area contributed by atoms with E-state index in [4.69, 9.17) is 9.84 Å². The fourth-order valence-corrected chi connectivity index (χ4v) is 5.77. The standard InChI is InChI=1S/C28H32N2O5S/c1-18-15-20(28(2,3)4)16-25(29-18)19-11-13-21(14-12-19)36(33,34)30-24-9-5-8-23-22(24)7-6-10-26(23)35-17-27(31)32/h6-7,10-16,24,30H,5,8-9,17H2,1-4H3,(H,31,32)/t24-/m1/s1. The van der Waals surface area contributed by atoms with Gasteiger partial charge in [0, 0.05) is 17.3 Å². The summed E-state index contributed by atoms with van der Waals surface area (Å²) in [4.78, 5) is 15.8. The lowest BCUT2D eigenvalue weighted by Gasteiger charge is -2.27. The maximum atomic E-state index is 13.3. The molecule has 0 unspecified atom stereocenters. The number of aliphatic carboxylic acids is 1. The first-order chi connectivity index (χ1) is 16.9. The fraction of sp³-hybridized carbons (Fsp3) is 0.357. The van der Waals surface area contributed by atoms with E-state index in [1.807, 2.05) is 13.0 Å². The van der Waals surface area contributed by atoms with Crippen molar-refractivity contribution in [1.29, 1.82) is 0 Å². The number of pyridine rings is 1. The van der Waals surface area contributed by atoms with Gasteiger partial charge >= 0.3 is 5.97 Å². The number of benzene rings is 2. The minimum atomic E-state index is -3.79. The lowest BCUT2D eigenvalue weighted by Crippen LogP contribution is -2.31. The predicted molar refractivity (Wildman–Crippen MR) is 139 cm³/mol. The van der Waals surface area contributed by atoms with Crippen LogP contribution in [-0.4, -0.2) is 31.1 Å². The molecule has 1 aliphatic carbocycles. The smallest absolute Gasteiger partial charge is 0.341 e. The van der Waals surface area contributed by atoms with E-state index in [0.29, 0.717) is 18.6 Å². The molecule has 7 nitrogen and oxygen atoms in total. The number of carboxylic acid groups (broad SMARTS) is 1. The highest BCUT2D eigenvalue weighted by Gasteiger charge is 2.28. The van der Waals surface area contributed by atoms with Crippen molar-refractivity contribution in [3.8, 4) is 17.0 Å². The molecule has 2 N–H and O–H groups in total. The van der Waals surface area contributed by atoms with E-state index < -0.39 is 28.6 Å². The number of fused-ring (bicyclic) bond motifs is 1. The van der Waals surface area contributed by atoms with Gasteiger partial charge < -0.3 is 9.84 Å². The third-order valence-electron chi connectivity index (χ3n) is 6.39. The minimum Gasteiger partial charge on any atom is -0.482 e. The lowest BCUT2D eigenvalue weighted by molar-refractivity contribution is -0.139. The van der Waals surface area contributed by atoms with Crippen LogP contribution in [0.1, 0.15) is 62.0 Å². The predicted octanol–water partition coefficient (Wildman–Crippen LogP) is 5.17. The van der Waals surface area contributed by atoms with Crippen LogP contribution in [0.4, 0.5) is 0 Å². The molecule has 1 heterocycles. The van der Waals surface area contributed by atoms with Gasteiger partial charge in [-0.1, -0.05) is 45.0 Å². The van der Waals surface area contributed by atoms with Crippen LogP contribution >= 0.6 is 0 Å². The number of nitrogens with one attached hydrogen (secondary N) is 1. The van der Waals surface area contributed by atoms with Crippen LogP contribution in [0.25, 0.3) is 11.3 Å². The molecule has 0 amide bonds. The SMILES string of the molecule is Cc1cc(C(C)(C)C)cc(-c2ccc(S(=O)(=O)N[C@@H]3CCCc4c(OCC(=O)O)cccc43)cc2)n1. The first kappa shape index (κ1) is 25.9. The molecule has 0 spiro atoms. The Labute approximate surface area is 212 Å². The summed E-state index contributed by atoms with van der Waals surface area (Å²) in [6.07, 6.45) is 2.12. The summed E-state index contributed by atoms with van der Waals surface area (Å²) in [5.41, 5.74) is 5.41. The summed E-state index contributed by atoms with van der Waals surface area (Å²) in [6.45, 7) is 7.97. The second kappa shape index (κ2) is 10.0. The number of carbonyl (C=O) groups is 1. The van der Waals surface area contributed by atoms with Crippen molar-refractivity contribution < 1.29 is 23.1 Å². The summed E-state index contributed by atoms with van der Waals surface area (Å²) in [5, 5.41) is 8.94. The minimum absolute atomic E-state index is 0.0233. The molecule has 0 radical (unpaired) electrons. The van der Waals surface area contributed by atoms with Crippen molar-refractivity contribution in [2.75, 3.05) is 6.61 Å². The molecule has 1 atom stereocenters. The number of rotatable bonds is 7. The van der Waals surface area contributed by atoms with Crippen LogP contribution < -0.4 is 9.46 Å². The molecule has 1 aromatic heterocycles. The number of aryl methyl sites for hydroxylation is 1. The normalized spacial score (nSPS) is 15.8. The molecule has 0 fully saturated rings. The van der Waals surface area contributed by atoms with Crippen molar-refractivity contribution in [3.05, 3.63) is 77.0 Å². The number of aromatic nitrogens is 1. The molecular formula is C28H32N2O5S. The molecule has 3 aromatic rings. The van der Waals surface area contributed by atoms with E-state index in [1.165, 1.54) is 5.56 Å². The first-order valence-corrected chi connectivity index (χ1v) is 13.5. The Hall–Kier alpha value is -3.23. The van der Waals surface area contributed by atoms with E-state index in [9.17, 15) is 13.2 Å². The summed E-state index contributed by atoms with van der Waals surface area (Å²) in [6, 6.07) is 15.9. The van der Waals surface area contributed by atoms with Crippen molar-refractivity contribution >= 4 is 16.0 Å². The molecule has 190 valence electrons. The fourth-order valence-electron chi connectivity index (χ4n) is 4.52. The van der Waals surface area contributed by atoms with Crippen molar-refractivity contribution in [1.82, 2.24) is 9.71 Å². The zero-order valence-electron chi connectivity index (χ0n) is 21.0. The molecule has 36 heavy (non-hydrogen) atoms. The van der Waals surface area contributed by atoms with Gasteiger partial charge in [0.05, 0.1) is 10.6 Å². The number of sulfonamides is 1. The molecule has 1 aliphatic rings. The number of hydrogen-bond donors (Lipinski definition) is 2. The Kier molecular flexibility index (Phi) is 7.20. The maximum absolute atomic E-state index is 13.3. The second-order valence-corrected chi connectivity index (χ2v) is 11.9. The van der Waals surface area contributed by atoms with Crippen molar-refractivity contribution in [2.45, 2.75) is 63.3 Å². The number of nitrogens with zero attached hydrogens (tertiary/aromatic N) is 1. The molecular weight excluding hydrogens is 476 g/mol. The molecule has 8 heteroatoms. The second-order valence-electron chi connectivity index (χ2n) is 10.2. The average molecular weight is 509 g/mol. The highest BCUT2D eigenvalue weighted by molar-refractivity contribution is 7.89. The Morgan fingerprint density at radius 3 is 2.53 bits per heavy atom. The highest BCUT2D eigenvalue weighted by Crippen LogP contribution is 2.36. The van der Waals surface area contributed by atoms with Crippen LogP contribution in [0.3, 0.4) is 0 Å². The van der Waals surface area contributed by atoms with Crippen LogP contribution in [0.2, 0.25) is 0 Å². The Balaban J connectivity index is 1.57. The van der Waals surface area contributed by atoms with Crippen LogP contribution in [0.15, 0.2) is 59.5 Å². The molecule has 4 rings (SSSR count). The quantitative estimate of drug-likeness (QED) is 0.456. The van der Waals surface area contributed by atoms with Gasteiger partial charge in [-0.25, -0.2) is 17.9 Å². The van der Waals surface area contributed by atoms with E-state index in [-0.39, 0.29) is 10.3 Å². The molecule has 0 saturated carbocycles. The van der Waals surface area contributed by atoms with Crippen molar-refractivity contribution in [3.63, 3.8) is 0 Å². The maximum Gasteiger partial charge on any atom is 0.341 e. The molecule has 2 aromatic carbocycles. The molecule has 0 aliphatic heterocycles. The zero-order valence-corrected chi connectivity index (χ0v) is 21.9. The first-order valence-electron chi connectivity index (χ1n) is 12.0. The average Bonchev–Trinajstić information content (AvgIpc) is 2.82. The van der Waals surface area contributed by atoms with Gasteiger partial charge in [0.1, 0.15) is 5.75 Å². The van der Waals surface area contributed by atoms with Gasteiger partial charge in [-0.2, -0.15) is 0 Å². The van der Waals surface area contributed by atoms with E-state index in [0.717, 1.165) is 34.5 Å². The summed E-state index contributed by atoms with van der Waals surface area (Å²) >= 11 is 0. The third-order valence-corrected chi connectivity index (χ3v) is 7.88. The van der Waals surface area contributed by atoms with Gasteiger partial charge in [0.15, 0.2) is 6.61 Å². The highest BCUT2D eigenvalue weighted by atomic mass is 32.2. The zero-order chi connectivity index (χ0) is 26.1. The van der Waals surface area contributed by atoms with E-state index in [1.54, 1.807) is 36.4 Å². The summed E-state index contributed by atoms with van der Waals surface area (Å²) in [7, 11) is -3.79. The lowest BCUT2D eigenvalue weighted by atomic mass is 9.86. The summed E-state index contributed by atoms with van der Waals surface area (Å²) in [5.74, 6) is -0.567. The van der Waals surface area contributed by atoms with Gasteiger partial charge in [-0.3, -0.25) is 4.98 Å². The molecule has 0 bridgehead atoms. The van der Waals surface area contributed by atoms with Gasteiger partial charge in [-0.15, -0.1) is 0 Å². The van der Waals surface area contributed by atoms with Crippen molar-refractivity contribution in [2.24, 2.45) is 0 Å². The Morgan fingerprint density at radius 1 is 1.14 bits per heavy atom. The van der Waals surface area contributed by atoms with E-state index >= 15 is 0 Å². The monoisotopic (exact) mass is 508 g/mol. The van der Waals surface area contributed by atoms with Crippen LogP contribution in [0.5, 0.6) is 5.75 Å². The van der Waals surface area contributed by atoms with Gasteiger partial charge in [0.25, 0.3) is 0 Å². The van der Waals surface area contributed by atoms with Gasteiger partial charge in [0.2, 0.25) is 10.0 Å². The van der Waals surface area contributed by atoms with Crippen LogP contribution in [0, 0.1) is 6.92 Å². The number of hydrogen-bond acceptors (Lipinski definition) is 5.